The first-order valence-corrected chi connectivity index (χ1v) is 9.22. The van der Waals surface area contributed by atoms with Crippen molar-refractivity contribution in [3.05, 3.63) is 0 Å². The van der Waals surface area contributed by atoms with Crippen molar-refractivity contribution >= 4 is 0 Å². The summed E-state index contributed by atoms with van der Waals surface area (Å²) in [5.74, 6) is 0. The molecule has 0 amide bonds. The van der Waals surface area contributed by atoms with E-state index in [0.29, 0.717) is 12.2 Å². The topological polar surface area (TPSA) is 30.5 Å². The normalized spacial score (nSPS) is 14.3. The highest BCUT2D eigenvalue weighted by atomic mass is 16.5. The maximum Gasteiger partial charge on any atom is 0.0572 e. The fraction of sp³-hybridized carbons (Fsp3) is 1.00. The summed E-state index contributed by atoms with van der Waals surface area (Å²) in [6.45, 7) is 12.7. The Morgan fingerprint density at radius 2 is 1.14 bits per heavy atom. The maximum atomic E-state index is 5.87. The lowest BCUT2D eigenvalue weighted by atomic mass is 10.1. The van der Waals surface area contributed by atoms with E-state index in [9.17, 15) is 0 Å². The molecule has 0 heterocycles. The number of nitrogens with one attached hydrogen (secondary N) is 1. The van der Waals surface area contributed by atoms with Crippen LogP contribution < -0.4 is 5.32 Å². The minimum absolute atomic E-state index is 0.466. The van der Waals surface area contributed by atoms with Gasteiger partial charge in [-0.15, -0.1) is 0 Å². The van der Waals surface area contributed by atoms with Crippen molar-refractivity contribution in [2.45, 2.75) is 91.3 Å². The molecule has 0 saturated carbocycles. The fourth-order valence-corrected chi connectivity index (χ4v) is 2.47. The predicted octanol–water partition coefficient (Wildman–Crippen LogP) is 4.55. The molecule has 0 radical (unpaired) electrons. The zero-order valence-corrected chi connectivity index (χ0v) is 15.0. The number of hydrogen-bond donors (Lipinski definition) is 1. The second-order valence-electron chi connectivity index (χ2n) is 5.84. The molecule has 0 aliphatic heterocycles. The summed E-state index contributed by atoms with van der Waals surface area (Å²) in [5, 5.41) is 3.47. The van der Waals surface area contributed by atoms with Gasteiger partial charge in [0.2, 0.25) is 0 Å². The summed E-state index contributed by atoms with van der Waals surface area (Å²) in [7, 11) is 0. The van der Waals surface area contributed by atoms with Gasteiger partial charge in [0, 0.05) is 13.2 Å². The van der Waals surface area contributed by atoms with Crippen LogP contribution in [0.3, 0.4) is 0 Å². The van der Waals surface area contributed by atoms with Crippen molar-refractivity contribution < 1.29 is 9.47 Å². The lowest BCUT2D eigenvalue weighted by molar-refractivity contribution is 0.0405. The monoisotopic (exact) mass is 301 g/mol. The van der Waals surface area contributed by atoms with Crippen LogP contribution in [0.4, 0.5) is 0 Å². The van der Waals surface area contributed by atoms with E-state index in [4.69, 9.17) is 9.47 Å². The van der Waals surface area contributed by atoms with Crippen molar-refractivity contribution in [3.8, 4) is 0 Å². The largest absolute Gasteiger partial charge is 0.378 e. The number of rotatable bonds is 16. The molecule has 0 spiro atoms. The lowest BCUT2D eigenvalue weighted by Gasteiger charge is -2.16. The molecular formula is C18H39NO2. The van der Waals surface area contributed by atoms with Crippen molar-refractivity contribution in [3.63, 3.8) is 0 Å². The standard InChI is InChI=1S/C18H39NO2/c1-5-11-17(7-3)20-15-9-13-19-14-10-16-21-18(8-4)12-6-2/h17-19H,5-16H2,1-4H3. The summed E-state index contributed by atoms with van der Waals surface area (Å²) in [4.78, 5) is 0. The first-order chi connectivity index (χ1) is 10.3. The first-order valence-electron chi connectivity index (χ1n) is 9.22. The van der Waals surface area contributed by atoms with Crippen molar-refractivity contribution in [2.24, 2.45) is 0 Å². The molecule has 0 bridgehead atoms. The Morgan fingerprint density at radius 1 is 0.714 bits per heavy atom. The van der Waals surface area contributed by atoms with Crippen molar-refractivity contribution in [1.82, 2.24) is 5.32 Å². The van der Waals surface area contributed by atoms with E-state index < -0.39 is 0 Å². The third-order valence-electron chi connectivity index (χ3n) is 3.83. The van der Waals surface area contributed by atoms with E-state index in [1.807, 2.05) is 0 Å². The third-order valence-corrected chi connectivity index (χ3v) is 3.83. The molecule has 1 N–H and O–H groups in total. The van der Waals surface area contributed by atoms with Gasteiger partial charge in [0.05, 0.1) is 12.2 Å². The average molecular weight is 302 g/mol. The molecule has 0 saturated heterocycles. The van der Waals surface area contributed by atoms with Gasteiger partial charge >= 0.3 is 0 Å². The molecule has 128 valence electrons. The number of hydrogen-bond acceptors (Lipinski definition) is 3. The zero-order valence-electron chi connectivity index (χ0n) is 15.0. The van der Waals surface area contributed by atoms with Gasteiger partial charge in [0.25, 0.3) is 0 Å². The van der Waals surface area contributed by atoms with E-state index in [1.54, 1.807) is 0 Å². The molecular weight excluding hydrogens is 262 g/mol. The van der Waals surface area contributed by atoms with Gasteiger partial charge in [-0.3, -0.25) is 0 Å². The maximum absolute atomic E-state index is 5.87. The minimum Gasteiger partial charge on any atom is -0.378 e. The number of ether oxygens (including phenoxy) is 2. The third kappa shape index (κ3) is 13.3. The predicted molar refractivity (Wildman–Crippen MR) is 92.0 cm³/mol. The molecule has 21 heavy (non-hydrogen) atoms. The van der Waals surface area contributed by atoms with Gasteiger partial charge in [-0.2, -0.15) is 0 Å². The molecule has 0 aromatic heterocycles. The summed E-state index contributed by atoms with van der Waals surface area (Å²) in [5.41, 5.74) is 0. The van der Waals surface area contributed by atoms with Crippen LogP contribution in [-0.2, 0) is 9.47 Å². The van der Waals surface area contributed by atoms with Crippen LogP contribution in [0, 0.1) is 0 Å². The molecule has 2 unspecified atom stereocenters. The highest BCUT2D eigenvalue weighted by Gasteiger charge is 2.05. The lowest BCUT2D eigenvalue weighted by Crippen LogP contribution is -2.22. The second kappa shape index (κ2) is 16.3. The Hall–Kier alpha value is -0.120. The first kappa shape index (κ1) is 20.9. The van der Waals surface area contributed by atoms with Crippen LogP contribution >= 0.6 is 0 Å². The summed E-state index contributed by atoms with van der Waals surface area (Å²) < 4.78 is 11.7. The van der Waals surface area contributed by atoms with Gasteiger partial charge in [-0.1, -0.05) is 40.5 Å². The summed E-state index contributed by atoms with van der Waals surface area (Å²) in [6, 6.07) is 0. The van der Waals surface area contributed by atoms with Crippen LogP contribution in [0.25, 0.3) is 0 Å². The van der Waals surface area contributed by atoms with Crippen molar-refractivity contribution in [1.29, 1.82) is 0 Å². The average Bonchev–Trinajstić information content (AvgIpc) is 2.50. The van der Waals surface area contributed by atoms with Gasteiger partial charge in [-0.25, -0.2) is 0 Å². The summed E-state index contributed by atoms with van der Waals surface area (Å²) >= 11 is 0. The zero-order chi connectivity index (χ0) is 15.8. The van der Waals surface area contributed by atoms with E-state index >= 15 is 0 Å². The van der Waals surface area contributed by atoms with E-state index in [0.717, 1.165) is 52.0 Å². The van der Waals surface area contributed by atoms with Crippen LogP contribution in [-0.4, -0.2) is 38.5 Å². The van der Waals surface area contributed by atoms with Crippen molar-refractivity contribution in [2.75, 3.05) is 26.3 Å². The molecule has 0 fully saturated rings. The minimum atomic E-state index is 0.466. The van der Waals surface area contributed by atoms with Gasteiger partial charge in [-0.05, 0) is 51.6 Å². The van der Waals surface area contributed by atoms with Crippen LogP contribution in [0.5, 0.6) is 0 Å². The fourth-order valence-electron chi connectivity index (χ4n) is 2.47. The molecule has 3 heteroatoms. The Labute approximate surface area is 133 Å². The smallest absolute Gasteiger partial charge is 0.0572 e. The van der Waals surface area contributed by atoms with Gasteiger partial charge < -0.3 is 14.8 Å². The van der Waals surface area contributed by atoms with E-state index in [-0.39, 0.29) is 0 Å². The molecule has 0 aromatic carbocycles. The van der Waals surface area contributed by atoms with E-state index in [2.05, 4.69) is 33.0 Å². The Kier molecular flexibility index (Phi) is 16.2. The highest BCUT2D eigenvalue weighted by Crippen LogP contribution is 2.07. The summed E-state index contributed by atoms with van der Waals surface area (Å²) in [6.07, 6.45) is 10.2. The Morgan fingerprint density at radius 3 is 1.48 bits per heavy atom. The quantitative estimate of drug-likeness (QED) is 0.424. The second-order valence-corrected chi connectivity index (χ2v) is 5.84. The SMILES string of the molecule is CCCC(CC)OCCCNCCCOC(CC)CCC. The van der Waals surface area contributed by atoms with Gasteiger partial charge in [0.15, 0.2) is 0 Å². The molecule has 0 aliphatic carbocycles. The van der Waals surface area contributed by atoms with E-state index in [1.165, 1.54) is 25.7 Å². The molecule has 2 atom stereocenters. The highest BCUT2D eigenvalue weighted by molar-refractivity contribution is 4.56. The van der Waals surface area contributed by atoms with Gasteiger partial charge in [0.1, 0.15) is 0 Å². The molecule has 0 aliphatic rings. The Balaban J connectivity index is 3.28. The van der Waals surface area contributed by atoms with Crippen LogP contribution in [0.1, 0.15) is 79.1 Å². The Bertz CT molecular complexity index is 180. The van der Waals surface area contributed by atoms with Crippen LogP contribution in [0.2, 0.25) is 0 Å². The molecule has 0 rings (SSSR count). The molecule has 3 nitrogen and oxygen atoms in total. The molecule has 0 aromatic rings. The van der Waals surface area contributed by atoms with Crippen LogP contribution in [0.15, 0.2) is 0 Å².